The highest BCUT2D eigenvalue weighted by Gasteiger charge is 2.08. The van der Waals surface area contributed by atoms with Crippen molar-refractivity contribution in [1.82, 2.24) is 10.6 Å². The van der Waals surface area contributed by atoms with Crippen LogP contribution in [0, 0.1) is 18.7 Å². The molecule has 0 amide bonds. The number of nitrogens with one attached hydrogen (secondary N) is 2. The Kier molecular flexibility index (Phi) is 9.29. The standard InChI is InChI=1S/C18H30FN3O/c1-4-6-15(9-10-23)12-21-18(20-5-2)22-13-16-8-7-14(3)17(19)11-16/h7-8,11,15,23H,4-6,9-10,12-13H2,1-3H3,(H2,20,21,22). The molecule has 1 rings (SSSR count). The van der Waals surface area contributed by atoms with Crippen LogP contribution in [0.4, 0.5) is 4.39 Å². The van der Waals surface area contributed by atoms with Crippen LogP contribution in [0.15, 0.2) is 23.2 Å². The molecule has 0 saturated heterocycles. The Balaban J connectivity index is 2.62. The molecule has 0 heterocycles. The SMILES string of the molecule is CCCC(CCO)CNC(=NCc1ccc(C)c(F)c1)NCC. The zero-order valence-electron chi connectivity index (χ0n) is 14.5. The van der Waals surface area contributed by atoms with Crippen molar-refractivity contribution in [3.05, 3.63) is 35.1 Å². The molecule has 5 heteroatoms. The number of rotatable bonds is 9. The monoisotopic (exact) mass is 323 g/mol. The molecule has 0 aliphatic heterocycles. The van der Waals surface area contributed by atoms with E-state index in [2.05, 4.69) is 22.5 Å². The molecule has 130 valence electrons. The summed E-state index contributed by atoms with van der Waals surface area (Å²) in [7, 11) is 0. The fourth-order valence-corrected chi connectivity index (χ4v) is 2.43. The lowest BCUT2D eigenvalue weighted by molar-refractivity contribution is 0.251. The van der Waals surface area contributed by atoms with E-state index in [1.807, 2.05) is 13.0 Å². The number of hydrogen-bond acceptors (Lipinski definition) is 2. The fraction of sp³-hybridized carbons (Fsp3) is 0.611. The van der Waals surface area contributed by atoms with Crippen LogP contribution in [0.2, 0.25) is 0 Å². The first-order valence-corrected chi connectivity index (χ1v) is 8.48. The molecule has 0 radical (unpaired) electrons. The minimum Gasteiger partial charge on any atom is -0.396 e. The van der Waals surface area contributed by atoms with Crippen molar-refractivity contribution in [2.75, 3.05) is 19.7 Å². The lowest BCUT2D eigenvalue weighted by atomic mass is 10.0. The van der Waals surface area contributed by atoms with Gasteiger partial charge in [-0.2, -0.15) is 0 Å². The first-order valence-electron chi connectivity index (χ1n) is 8.48. The van der Waals surface area contributed by atoms with Crippen LogP contribution in [0.25, 0.3) is 0 Å². The van der Waals surface area contributed by atoms with Gasteiger partial charge in [0.2, 0.25) is 0 Å². The maximum Gasteiger partial charge on any atom is 0.191 e. The first-order chi connectivity index (χ1) is 11.1. The van der Waals surface area contributed by atoms with Crippen LogP contribution >= 0.6 is 0 Å². The van der Waals surface area contributed by atoms with Crippen molar-refractivity contribution in [3.8, 4) is 0 Å². The Labute approximate surface area is 139 Å². The maximum absolute atomic E-state index is 13.6. The number of aliphatic imine (C=N–C) groups is 1. The van der Waals surface area contributed by atoms with E-state index in [0.717, 1.165) is 43.9 Å². The van der Waals surface area contributed by atoms with Gasteiger partial charge in [0.15, 0.2) is 5.96 Å². The van der Waals surface area contributed by atoms with E-state index < -0.39 is 0 Å². The predicted molar refractivity (Wildman–Crippen MR) is 94.1 cm³/mol. The molecule has 1 unspecified atom stereocenters. The van der Waals surface area contributed by atoms with E-state index in [1.165, 1.54) is 6.07 Å². The summed E-state index contributed by atoms with van der Waals surface area (Å²) in [5, 5.41) is 15.6. The van der Waals surface area contributed by atoms with Gasteiger partial charge in [-0.05, 0) is 49.8 Å². The van der Waals surface area contributed by atoms with Crippen LogP contribution in [0.3, 0.4) is 0 Å². The molecule has 0 spiro atoms. The molecule has 1 aromatic carbocycles. The molecule has 0 aliphatic carbocycles. The van der Waals surface area contributed by atoms with Gasteiger partial charge in [0.25, 0.3) is 0 Å². The minimum atomic E-state index is -0.193. The van der Waals surface area contributed by atoms with Crippen LogP contribution in [0.1, 0.15) is 44.2 Å². The number of aryl methyl sites for hydroxylation is 1. The van der Waals surface area contributed by atoms with Gasteiger partial charge in [0.1, 0.15) is 5.82 Å². The summed E-state index contributed by atoms with van der Waals surface area (Å²) >= 11 is 0. The topological polar surface area (TPSA) is 56.6 Å². The third-order valence-electron chi connectivity index (χ3n) is 3.79. The second kappa shape index (κ2) is 11.0. The van der Waals surface area contributed by atoms with Gasteiger partial charge >= 0.3 is 0 Å². The van der Waals surface area contributed by atoms with E-state index in [-0.39, 0.29) is 12.4 Å². The van der Waals surface area contributed by atoms with Gasteiger partial charge < -0.3 is 15.7 Å². The Morgan fingerprint density at radius 2 is 2.04 bits per heavy atom. The Morgan fingerprint density at radius 1 is 1.26 bits per heavy atom. The summed E-state index contributed by atoms with van der Waals surface area (Å²) in [6, 6.07) is 5.21. The lowest BCUT2D eigenvalue weighted by Gasteiger charge is -2.18. The number of aliphatic hydroxyl groups is 1. The molecule has 0 saturated carbocycles. The molecule has 0 bridgehead atoms. The van der Waals surface area contributed by atoms with Crippen molar-refractivity contribution >= 4 is 5.96 Å². The summed E-state index contributed by atoms with van der Waals surface area (Å²) in [4.78, 5) is 4.51. The number of aliphatic hydroxyl groups excluding tert-OH is 1. The number of guanidine groups is 1. The highest BCUT2D eigenvalue weighted by atomic mass is 19.1. The van der Waals surface area contributed by atoms with Gasteiger partial charge in [-0.25, -0.2) is 9.38 Å². The van der Waals surface area contributed by atoms with Gasteiger partial charge in [-0.1, -0.05) is 25.5 Å². The summed E-state index contributed by atoms with van der Waals surface area (Å²) < 4.78 is 13.6. The highest BCUT2D eigenvalue weighted by Crippen LogP contribution is 2.11. The second-order valence-corrected chi connectivity index (χ2v) is 5.83. The summed E-state index contributed by atoms with van der Waals surface area (Å²) in [5.74, 6) is 0.972. The molecule has 3 N–H and O–H groups in total. The molecular formula is C18H30FN3O. The Hall–Kier alpha value is -1.62. The average molecular weight is 323 g/mol. The molecular weight excluding hydrogens is 293 g/mol. The van der Waals surface area contributed by atoms with Crippen LogP contribution in [-0.2, 0) is 6.54 Å². The molecule has 23 heavy (non-hydrogen) atoms. The average Bonchev–Trinajstić information content (AvgIpc) is 2.53. The van der Waals surface area contributed by atoms with Gasteiger partial charge in [0.05, 0.1) is 6.54 Å². The van der Waals surface area contributed by atoms with E-state index in [0.29, 0.717) is 18.0 Å². The van der Waals surface area contributed by atoms with Crippen molar-refractivity contribution in [1.29, 1.82) is 0 Å². The zero-order chi connectivity index (χ0) is 17.1. The van der Waals surface area contributed by atoms with Gasteiger partial charge in [0, 0.05) is 19.7 Å². The van der Waals surface area contributed by atoms with Gasteiger partial charge in [-0.3, -0.25) is 0 Å². The maximum atomic E-state index is 13.6. The third kappa shape index (κ3) is 7.46. The summed E-state index contributed by atoms with van der Waals surface area (Å²) in [6.45, 7) is 8.11. The van der Waals surface area contributed by atoms with Crippen molar-refractivity contribution in [2.45, 2.75) is 46.6 Å². The molecule has 1 atom stereocenters. The largest absolute Gasteiger partial charge is 0.396 e. The van der Waals surface area contributed by atoms with Crippen LogP contribution in [-0.4, -0.2) is 30.8 Å². The first kappa shape index (κ1) is 19.4. The van der Waals surface area contributed by atoms with Gasteiger partial charge in [-0.15, -0.1) is 0 Å². The lowest BCUT2D eigenvalue weighted by Crippen LogP contribution is -2.40. The number of nitrogens with zero attached hydrogens (tertiary/aromatic N) is 1. The molecule has 0 aromatic heterocycles. The normalized spacial score (nSPS) is 13.0. The quantitative estimate of drug-likeness (QED) is 0.484. The highest BCUT2D eigenvalue weighted by molar-refractivity contribution is 5.79. The predicted octanol–water partition coefficient (Wildman–Crippen LogP) is 2.99. The molecule has 0 fully saturated rings. The molecule has 0 aliphatic rings. The van der Waals surface area contributed by atoms with Crippen molar-refractivity contribution in [3.63, 3.8) is 0 Å². The van der Waals surface area contributed by atoms with E-state index >= 15 is 0 Å². The minimum absolute atomic E-state index is 0.193. The summed E-state index contributed by atoms with van der Waals surface area (Å²) in [5.41, 5.74) is 1.50. The van der Waals surface area contributed by atoms with Crippen molar-refractivity contribution < 1.29 is 9.50 Å². The Bertz CT molecular complexity index is 485. The third-order valence-corrected chi connectivity index (χ3v) is 3.79. The number of benzene rings is 1. The van der Waals surface area contributed by atoms with Crippen molar-refractivity contribution in [2.24, 2.45) is 10.9 Å². The zero-order valence-corrected chi connectivity index (χ0v) is 14.5. The second-order valence-electron chi connectivity index (χ2n) is 5.83. The summed E-state index contributed by atoms with van der Waals surface area (Å²) in [6.07, 6.45) is 2.97. The smallest absolute Gasteiger partial charge is 0.191 e. The van der Waals surface area contributed by atoms with E-state index in [4.69, 9.17) is 5.11 Å². The number of halogens is 1. The van der Waals surface area contributed by atoms with E-state index in [9.17, 15) is 4.39 Å². The van der Waals surface area contributed by atoms with Crippen LogP contribution in [0.5, 0.6) is 0 Å². The number of hydrogen-bond donors (Lipinski definition) is 3. The Morgan fingerprint density at radius 3 is 2.65 bits per heavy atom. The molecule has 4 nitrogen and oxygen atoms in total. The van der Waals surface area contributed by atoms with E-state index in [1.54, 1.807) is 13.0 Å². The fourth-order valence-electron chi connectivity index (χ4n) is 2.43. The van der Waals surface area contributed by atoms with Crippen LogP contribution < -0.4 is 10.6 Å². The molecule has 1 aromatic rings.